The van der Waals surface area contributed by atoms with E-state index in [9.17, 15) is 0 Å². The number of nitrogens with zero attached hydrogens (tertiary/aromatic N) is 2. The number of rotatable bonds is 10. The second kappa shape index (κ2) is 13.2. The molecule has 4 nitrogen and oxygen atoms in total. The minimum Gasteiger partial charge on any atom is -0.494 e. The molecule has 0 unspecified atom stereocenters. The van der Waals surface area contributed by atoms with E-state index in [2.05, 4.69) is 92.5 Å². The summed E-state index contributed by atoms with van der Waals surface area (Å²) in [4.78, 5) is 10.5. The van der Waals surface area contributed by atoms with Crippen molar-refractivity contribution < 1.29 is 9.47 Å². The highest BCUT2D eigenvalue weighted by Crippen LogP contribution is 2.44. The summed E-state index contributed by atoms with van der Waals surface area (Å²) < 4.78 is 12.0. The van der Waals surface area contributed by atoms with E-state index < -0.39 is 0 Å². The Kier molecular flexibility index (Phi) is 8.38. The monoisotopic (exact) mass is 622 g/mol. The molecule has 0 bridgehead atoms. The van der Waals surface area contributed by atoms with Gasteiger partial charge in [0, 0.05) is 46.5 Å². The van der Waals surface area contributed by atoms with Crippen molar-refractivity contribution >= 4 is 33.7 Å². The average Bonchev–Trinajstić information content (AvgIpc) is 3.13. The fourth-order valence-electron chi connectivity index (χ4n) is 6.31. The van der Waals surface area contributed by atoms with Crippen LogP contribution in [0.15, 0.2) is 147 Å². The van der Waals surface area contributed by atoms with Crippen LogP contribution in [0.5, 0.6) is 11.5 Å². The number of hydrogen-bond acceptors (Lipinski definition) is 4. The van der Waals surface area contributed by atoms with Crippen molar-refractivity contribution in [2.24, 2.45) is 0 Å². The lowest BCUT2D eigenvalue weighted by Gasteiger charge is -2.19. The number of hydrogen-bond donors (Lipinski definition) is 0. The molecule has 0 aliphatic heterocycles. The van der Waals surface area contributed by atoms with Gasteiger partial charge in [0.05, 0.1) is 35.6 Å². The average molecular weight is 623 g/mol. The normalized spacial score (nSPS) is 10.9. The molecule has 5 aromatic carbocycles. The maximum absolute atomic E-state index is 6.11. The third-order valence-corrected chi connectivity index (χ3v) is 8.41. The smallest absolute Gasteiger partial charge is 0.130 e. The maximum atomic E-state index is 6.11. The van der Waals surface area contributed by atoms with Crippen molar-refractivity contribution in [1.29, 1.82) is 0 Å². The summed E-state index contributed by atoms with van der Waals surface area (Å²) in [7, 11) is 0. The molecule has 0 spiro atoms. The maximum Gasteiger partial charge on any atom is 0.130 e. The van der Waals surface area contributed by atoms with Crippen LogP contribution >= 0.6 is 0 Å². The summed E-state index contributed by atoms with van der Waals surface area (Å²) in [6, 6.07) is 41.3. The van der Waals surface area contributed by atoms with Crippen molar-refractivity contribution in [3.63, 3.8) is 0 Å². The lowest BCUT2D eigenvalue weighted by Crippen LogP contribution is -1.98. The van der Waals surface area contributed by atoms with Gasteiger partial charge in [0.25, 0.3) is 0 Å². The fourth-order valence-corrected chi connectivity index (χ4v) is 6.31. The summed E-state index contributed by atoms with van der Waals surface area (Å²) in [5.74, 6) is 1.42. The van der Waals surface area contributed by atoms with Crippen LogP contribution in [0.3, 0.4) is 0 Å². The molecule has 0 aliphatic rings. The summed E-state index contributed by atoms with van der Waals surface area (Å²) in [5, 5.41) is 4.23. The zero-order valence-corrected chi connectivity index (χ0v) is 26.8. The summed E-state index contributed by atoms with van der Waals surface area (Å²) in [5.41, 5.74) is 9.32. The van der Waals surface area contributed by atoms with Crippen LogP contribution in [0.4, 0.5) is 0 Å². The predicted molar refractivity (Wildman–Crippen MR) is 201 cm³/mol. The predicted octanol–water partition coefficient (Wildman–Crippen LogP) is 11.7. The Morgan fingerprint density at radius 1 is 0.521 bits per heavy atom. The molecule has 0 aliphatic carbocycles. The minimum atomic E-state index is 0.544. The van der Waals surface area contributed by atoms with Crippen LogP contribution in [-0.4, -0.2) is 16.6 Å². The Balaban J connectivity index is 1.53. The molecule has 0 amide bonds. The molecule has 7 aromatic rings. The highest BCUT2D eigenvalue weighted by atomic mass is 16.5. The van der Waals surface area contributed by atoms with Gasteiger partial charge in [0.15, 0.2) is 0 Å². The highest BCUT2D eigenvalue weighted by Gasteiger charge is 2.20. The van der Waals surface area contributed by atoms with Gasteiger partial charge in [-0.15, -0.1) is 0 Å². The number of aromatic nitrogens is 2. The van der Waals surface area contributed by atoms with Crippen LogP contribution in [-0.2, 0) is 0 Å². The molecule has 48 heavy (non-hydrogen) atoms. The third-order valence-electron chi connectivity index (χ3n) is 8.41. The van der Waals surface area contributed by atoms with Crippen molar-refractivity contribution in [3.05, 3.63) is 158 Å². The molecular formula is C44H34N2O2. The molecule has 7 rings (SSSR count). The quantitative estimate of drug-likeness (QED) is 0.112. The summed E-state index contributed by atoms with van der Waals surface area (Å²) >= 11 is 0. The van der Waals surface area contributed by atoms with Gasteiger partial charge in [-0.3, -0.25) is 0 Å². The minimum absolute atomic E-state index is 0.544. The number of fused-ring (bicyclic) bond motifs is 2. The Hall–Kier alpha value is -6.26. The first kappa shape index (κ1) is 30.4. The van der Waals surface area contributed by atoms with Crippen molar-refractivity contribution in [2.45, 2.75) is 6.92 Å². The standard InChI is InChI=1S/C44H34N2O2/c1-5-29-15-13-17-31(23-29)39-25-33(47-7-3)27-41(45-39)43-35-19-9-11-21-37(35)44(38-22-12-10-20-36(38)43)42-28-34(48-8-4)26-40(46-42)32-18-14-16-30(6-2)24-32/h5-7,9-28H,1-3,8H2,4H3. The first-order valence-electron chi connectivity index (χ1n) is 15.9. The van der Waals surface area contributed by atoms with E-state index in [0.29, 0.717) is 12.4 Å². The highest BCUT2D eigenvalue weighted by molar-refractivity contribution is 6.20. The van der Waals surface area contributed by atoms with Crippen molar-refractivity contribution in [2.75, 3.05) is 6.61 Å². The summed E-state index contributed by atoms with van der Waals surface area (Å²) in [6.07, 6.45) is 5.13. The van der Waals surface area contributed by atoms with Crippen LogP contribution in [0.25, 0.3) is 78.7 Å². The van der Waals surface area contributed by atoms with Gasteiger partial charge in [0.1, 0.15) is 11.5 Å². The van der Waals surface area contributed by atoms with E-state index in [4.69, 9.17) is 19.4 Å². The van der Waals surface area contributed by atoms with E-state index in [1.165, 1.54) is 6.26 Å². The lowest BCUT2D eigenvalue weighted by molar-refractivity contribution is 0.340. The van der Waals surface area contributed by atoms with Crippen LogP contribution < -0.4 is 9.47 Å². The van der Waals surface area contributed by atoms with Gasteiger partial charge >= 0.3 is 0 Å². The molecular weight excluding hydrogens is 588 g/mol. The second-order valence-corrected chi connectivity index (χ2v) is 11.4. The first-order chi connectivity index (χ1) is 23.6. The Morgan fingerprint density at radius 2 is 0.958 bits per heavy atom. The molecule has 0 radical (unpaired) electrons. The van der Waals surface area contributed by atoms with E-state index >= 15 is 0 Å². The largest absolute Gasteiger partial charge is 0.494 e. The van der Waals surface area contributed by atoms with Crippen LogP contribution in [0.1, 0.15) is 18.1 Å². The van der Waals surface area contributed by atoms with Crippen molar-refractivity contribution in [3.8, 4) is 56.5 Å². The second-order valence-electron chi connectivity index (χ2n) is 11.4. The van der Waals surface area contributed by atoms with E-state index in [-0.39, 0.29) is 0 Å². The topological polar surface area (TPSA) is 44.2 Å². The molecule has 0 N–H and O–H groups in total. The third kappa shape index (κ3) is 5.76. The van der Waals surface area contributed by atoms with Crippen LogP contribution in [0, 0.1) is 0 Å². The Morgan fingerprint density at radius 3 is 1.40 bits per heavy atom. The van der Waals surface area contributed by atoms with E-state index in [1.807, 2.05) is 67.6 Å². The molecule has 0 atom stereocenters. The van der Waals surface area contributed by atoms with E-state index in [1.54, 1.807) is 0 Å². The molecule has 2 heterocycles. The number of ether oxygens (including phenoxy) is 2. The Bertz CT molecular complexity index is 2300. The zero-order chi connectivity index (χ0) is 33.0. The molecule has 4 heteroatoms. The van der Waals surface area contributed by atoms with Gasteiger partial charge in [0.2, 0.25) is 0 Å². The van der Waals surface area contributed by atoms with Gasteiger partial charge in [-0.05, 0) is 51.7 Å². The Labute approximate surface area is 281 Å². The van der Waals surface area contributed by atoms with Gasteiger partial charge in [-0.25, -0.2) is 9.97 Å². The number of pyridine rings is 2. The first-order valence-corrected chi connectivity index (χ1v) is 15.9. The van der Waals surface area contributed by atoms with Crippen molar-refractivity contribution in [1.82, 2.24) is 9.97 Å². The fraction of sp³-hybridized carbons (Fsp3) is 0.0455. The van der Waals surface area contributed by atoms with Gasteiger partial charge in [-0.2, -0.15) is 0 Å². The zero-order valence-electron chi connectivity index (χ0n) is 26.8. The summed E-state index contributed by atoms with van der Waals surface area (Å²) in [6.45, 7) is 14.3. The van der Waals surface area contributed by atoms with E-state index in [0.717, 1.165) is 83.5 Å². The lowest BCUT2D eigenvalue weighted by atomic mass is 9.88. The molecule has 0 fully saturated rings. The SMILES string of the molecule is C=COc1cc(-c2cccc(C=C)c2)nc(-c2c3ccccc3c(-c3cc(OCC)cc(-c4cccc(C=C)c4)n3)c3ccccc23)c1. The van der Waals surface area contributed by atoms with Crippen LogP contribution in [0.2, 0.25) is 0 Å². The molecule has 0 saturated heterocycles. The van der Waals surface area contributed by atoms with Gasteiger partial charge in [-0.1, -0.05) is 117 Å². The molecule has 0 saturated carbocycles. The van der Waals surface area contributed by atoms with Gasteiger partial charge < -0.3 is 9.47 Å². The molecule has 232 valence electrons. The molecule has 2 aromatic heterocycles. The number of benzene rings is 5.